The van der Waals surface area contributed by atoms with Crippen molar-refractivity contribution in [2.75, 3.05) is 13.1 Å². The van der Waals surface area contributed by atoms with Gasteiger partial charge in [-0.1, -0.05) is 13.8 Å². The molecule has 2 rings (SSSR count). The number of pyridine rings is 1. The van der Waals surface area contributed by atoms with E-state index in [1.807, 2.05) is 6.92 Å². The van der Waals surface area contributed by atoms with E-state index >= 15 is 0 Å². The van der Waals surface area contributed by atoms with Crippen molar-refractivity contribution >= 4 is 16.9 Å². The molecule has 1 aromatic heterocycles. The predicted octanol–water partition coefficient (Wildman–Crippen LogP) is 2.29. The number of ether oxygens (including phenoxy) is 1. The van der Waals surface area contributed by atoms with Crippen LogP contribution in [0.5, 0.6) is 5.75 Å². The van der Waals surface area contributed by atoms with Crippen molar-refractivity contribution < 1.29 is 14.6 Å². The Bertz CT molecular complexity index is 734. The maximum atomic E-state index is 11.9. The fraction of sp³-hybridized carbons (Fsp3) is 0.375. The molecule has 1 atom stereocenters. The monoisotopic (exact) mass is 304 g/mol. The summed E-state index contributed by atoms with van der Waals surface area (Å²) < 4.78 is 5.86. The van der Waals surface area contributed by atoms with Gasteiger partial charge in [0, 0.05) is 17.5 Å². The van der Waals surface area contributed by atoms with Crippen LogP contribution in [0.2, 0.25) is 0 Å². The number of aromatic amines is 1. The molecule has 6 heteroatoms. The molecule has 0 saturated heterocycles. The third-order valence-corrected chi connectivity index (χ3v) is 3.66. The van der Waals surface area contributed by atoms with Gasteiger partial charge in [0.1, 0.15) is 17.7 Å². The molecule has 2 N–H and O–H groups in total. The summed E-state index contributed by atoms with van der Waals surface area (Å²) in [5.41, 5.74) is -0.00456. The van der Waals surface area contributed by atoms with Crippen LogP contribution in [-0.2, 0) is 0 Å². The lowest BCUT2D eigenvalue weighted by molar-refractivity contribution is 0.0482. The first-order valence-electron chi connectivity index (χ1n) is 7.27. The van der Waals surface area contributed by atoms with E-state index in [2.05, 4.69) is 23.7 Å². The number of fused-ring (bicyclic) bond motifs is 1. The van der Waals surface area contributed by atoms with E-state index in [0.29, 0.717) is 16.7 Å². The van der Waals surface area contributed by atoms with Gasteiger partial charge in [-0.3, -0.25) is 9.69 Å². The van der Waals surface area contributed by atoms with Crippen LogP contribution in [0.15, 0.2) is 29.1 Å². The minimum absolute atomic E-state index is 0.109. The van der Waals surface area contributed by atoms with Crippen molar-refractivity contribution in [2.24, 2.45) is 0 Å². The van der Waals surface area contributed by atoms with Crippen LogP contribution in [0.4, 0.5) is 0 Å². The summed E-state index contributed by atoms with van der Waals surface area (Å²) >= 11 is 0. The number of hydrogen-bond acceptors (Lipinski definition) is 4. The number of rotatable bonds is 6. The lowest BCUT2D eigenvalue weighted by atomic mass is 10.2. The Hall–Kier alpha value is -2.34. The van der Waals surface area contributed by atoms with E-state index in [1.165, 1.54) is 0 Å². The van der Waals surface area contributed by atoms with Crippen LogP contribution in [0.3, 0.4) is 0 Å². The molecule has 1 heterocycles. The van der Waals surface area contributed by atoms with Crippen molar-refractivity contribution in [1.29, 1.82) is 0 Å². The number of aromatic nitrogens is 1. The van der Waals surface area contributed by atoms with Crippen LogP contribution in [-0.4, -0.2) is 40.3 Å². The van der Waals surface area contributed by atoms with E-state index in [-0.39, 0.29) is 17.4 Å². The van der Waals surface area contributed by atoms with Crippen molar-refractivity contribution in [1.82, 2.24) is 9.88 Å². The third-order valence-electron chi connectivity index (χ3n) is 3.66. The molecule has 0 aliphatic rings. The molecule has 0 saturated carbocycles. The predicted molar refractivity (Wildman–Crippen MR) is 84.5 cm³/mol. The molecule has 0 bridgehead atoms. The molecule has 1 unspecified atom stereocenters. The summed E-state index contributed by atoms with van der Waals surface area (Å²) in [7, 11) is 0. The van der Waals surface area contributed by atoms with Crippen LogP contribution < -0.4 is 10.2 Å². The van der Waals surface area contributed by atoms with Gasteiger partial charge >= 0.3 is 5.97 Å². The van der Waals surface area contributed by atoms with Crippen molar-refractivity contribution in [3.8, 4) is 5.75 Å². The van der Waals surface area contributed by atoms with Crippen molar-refractivity contribution in [3.05, 3.63) is 40.2 Å². The summed E-state index contributed by atoms with van der Waals surface area (Å²) in [6.45, 7) is 7.80. The SMILES string of the molecule is CCN(CC)C(C)Oc1ccc2c(=O)cc(C(=O)O)[nH]c2c1. The molecule has 0 amide bonds. The molecule has 2 aromatic rings. The molecule has 0 spiro atoms. The van der Waals surface area contributed by atoms with Crippen LogP contribution >= 0.6 is 0 Å². The van der Waals surface area contributed by atoms with Gasteiger partial charge in [-0.15, -0.1) is 0 Å². The highest BCUT2D eigenvalue weighted by Gasteiger charge is 2.13. The lowest BCUT2D eigenvalue weighted by Gasteiger charge is -2.26. The Kier molecular flexibility index (Phi) is 4.82. The Labute approximate surface area is 128 Å². The average molecular weight is 304 g/mol. The standard InChI is InChI=1S/C16H20N2O4/c1-4-18(5-2)10(3)22-11-6-7-12-13(8-11)17-14(16(20)21)9-15(12)19/h6-10H,4-5H2,1-3H3,(H,17,19)(H,20,21). The number of carbonyl (C=O) groups is 1. The van der Waals surface area contributed by atoms with E-state index in [1.54, 1.807) is 18.2 Å². The highest BCUT2D eigenvalue weighted by atomic mass is 16.5. The van der Waals surface area contributed by atoms with Gasteiger partial charge in [0.2, 0.25) is 0 Å². The van der Waals surface area contributed by atoms with Crippen LogP contribution in [0, 0.1) is 0 Å². The Morgan fingerprint density at radius 2 is 2.00 bits per heavy atom. The normalized spacial score (nSPS) is 12.5. The van der Waals surface area contributed by atoms with E-state index in [0.717, 1.165) is 19.2 Å². The zero-order valence-corrected chi connectivity index (χ0v) is 12.9. The highest BCUT2D eigenvalue weighted by molar-refractivity contribution is 5.90. The fourth-order valence-corrected chi connectivity index (χ4v) is 2.43. The molecular formula is C16H20N2O4. The second-order valence-corrected chi connectivity index (χ2v) is 5.00. The number of carboxylic acids is 1. The number of hydrogen-bond donors (Lipinski definition) is 2. The zero-order valence-electron chi connectivity index (χ0n) is 12.9. The Balaban J connectivity index is 2.37. The van der Waals surface area contributed by atoms with Gasteiger partial charge in [-0.25, -0.2) is 4.79 Å². The van der Waals surface area contributed by atoms with Gasteiger partial charge in [0.25, 0.3) is 0 Å². The van der Waals surface area contributed by atoms with Gasteiger partial charge in [-0.2, -0.15) is 0 Å². The van der Waals surface area contributed by atoms with Crippen LogP contribution in [0.1, 0.15) is 31.3 Å². The second-order valence-electron chi connectivity index (χ2n) is 5.00. The first-order chi connectivity index (χ1) is 10.5. The van der Waals surface area contributed by atoms with E-state index < -0.39 is 5.97 Å². The maximum Gasteiger partial charge on any atom is 0.352 e. The van der Waals surface area contributed by atoms with Gasteiger partial charge < -0.3 is 14.8 Å². The smallest absolute Gasteiger partial charge is 0.352 e. The molecular weight excluding hydrogens is 284 g/mol. The van der Waals surface area contributed by atoms with Crippen molar-refractivity contribution in [2.45, 2.75) is 27.0 Å². The number of aromatic carboxylic acids is 1. The zero-order chi connectivity index (χ0) is 16.3. The van der Waals surface area contributed by atoms with E-state index in [4.69, 9.17) is 9.84 Å². The highest BCUT2D eigenvalue weighted by Crippen LogP contribution is 2.19. The molecule has 0 aliphatic carbocycles. The molecule has 6 nitrogen and oxygen atoms in total. The lowest BCUT2D eigenvalue weighted by Crippen LogP contribution is -2.36. The first kappa shape index (κ1) is 16.0. The van der Waals surface area contributed by atoms with Gasteiger partial charge in [0.05, 0.1) is 5.52 Å². The summed E-state index contributed by atoms with van der Waals surface area (Å²) in [4.78, 5) is 27.8. The Morgan fingerprint density at radius 1 is 1.32 bits per heavy atom. The first-order valence-corrected chi connectivity index (χ1v) is 7.27. The molecule has 0 fully saturated rings. The van der Waals surface area contributed by atoms with Crippen molar-refractivity contribution in [3.63, 3.8) is 0 Å². The number of nitrogens with one attached hydrogen (secondary N) is 1. The topological polar surface area (TPSA) is 82.6 Å². The van der Waals surface area contributed by atoms with Crippen LogP contribution in [0.25, 0.3) is 10.9 Å². The summed E-state index contributed by atoms with van der Waals surface area (Å²) in [5, 5.41) is 9.45. The molecule has 0 radical (unpaired) electrons. The number of carboxylic acid groups (broad SMARTS) is 1. The Morgan fingerprint density at radius 3 is 2.59 bits per heavy atom. The molecule has 0 aliphatic heterocycles. The fourth-order valence-electron chi connectivity index (χ4n) is 2.43. The van der Waals surface area contributed by atoms with Gasteiger partial charge in [-0.05, 0) is 32.1 Å². The minimum atomic E-state index is -1.16. The maximum absolute atomic E-state index is 11.9. The number of nitrogens with zero attached hydrogens (tertiary/aromatic N) is 1. The average Bonchev–Trinajstić information content (AvgIpc) is 2.48. The number of H-pyrrole nitrogens is 1. The molecule has 1 aromatic carbocycles. The third kappa shape index (κ3) is 3.28. The second kappa shape index (κ2) is 6.62. The molecule has 22 heavy (non-hydrogen) atoms. The van der Waals surface area contributed by atoms with Gasteiger partial charge in [0.15, 0.2) is 5.43 Å². The summed E-state index contributed by atoms with van der Waals surface area (Å²) in [6, 6.07) is 6.11. The summed E-state index contributed by atoms with van der Waals surface area (Å²) in [6.07, 6.45) is -0.109. The quantitative estimate of drug-likeness (QED) is 0.800. The number of benzene rings is 1. The molecule has 118 valence electrons. The van der Waals surface area contributed by atoms with E-state index in [9.17, 15) is 9.59 Å². The largest absolute Gasteiger partial charge is 0.477 e. The minimum Gasteiger partial charge on any atom is -0.477 e. The summed E-state index contributed by atoms with van der Waals surface area (Å²) in [5.74, 6) is -0.577.